The third-order valence-electron chi connectivity index (χ3n) is 4.95. The van der Waals surface area contributed by atoms with Gasteiger partial charge in [0.25, 0.3) is 0 Å². The molecular weight excluding hydrogens is 278 g/mol. The van der Waals surface area contributed by atoms with Crippen molar-refractivity contribution in [2.24, 2.45) is 11.3 Å². The summed E-state index contributed by atoms with van der Waals surface area (Å²) in [4.78, 5) is 23.8. The highest BCUT2D eigenvalue weighted by molar-refractivity contribution is 5.96. The topological polar surface area (TPSA) is 70.2 Å². The van der Waals surface area contributed by atoms with E-state index in [0.717, 1.165) is 43.7 Å². The third-order valence-corrected chi connectivity index (χ3v) is 4.95. The molecule has 3 rings (SSSR count). The van der Waals surface area contributed by atoms with Gasteiger partial charge in [-0.05, 0) is 49.6 Å². The number of nitrogens with one attached hydrogen (secondary N) is 3. The van der Waals surface area contributed by atoms with Gasteiger partial charge in [0.2, 0.25) is 11.8 Å². The molecular formula is C17H23N3O2. The van der Waals surface area contributed by atoms with Crippen LogP contribution < -0.4 is 16.0 Å². The minimum absolute atomic E-state index is 0.0993. The van der Waals surface area contributed by atoms with E-state index in [4.69, 9.17) is 0 Å². The normalized spacial score (nSPS) is 27.0. The minimum atomic E-state index is -0.242. The van der Waals surface area contributed by atoms with Gasteiger partial charge in [0.15, 0.2) is 0 Å². The number of anilines is 2. The van der Waals surface area contributed by atoms with Gasteiger partial charge in [-0.15, -0.1) is 0 Å². The zero-order valence-corrected chi connectivity index (χ0v) is 12.9. The number of rotatable bonds is 3. The molecule has 0 bridgehead atoms. The lowest BCUT2D eigenvalue weighted by Gasteiger charge is -2.37. The van der Waals surface area contributed by atoms with E-state index in [9.17, 15) is 9.59 Å². The predicted octanol–water partition coefficient (Wildman–Crippen LogP) is 2.36. The van der Waals surface area contributed by atoms with E-state index in [1.807, 2.05) is 12.1 Å². The lowest BCUT2D eigenvalue weighted by Crippen LogP contribution is -2.44. The number of hydrogen-bond donors (Lipinski definition) is 3. The van der Waals surface area contributed by atoms with Gasteiger partial charge in [-0.3, -0.25) is 9.59 Å². The molecule has 3 N–H and O–H groups in total. The van der Waals surface area contributed by atoms with Gasteiger partial charge >= 0.3 is 0 Å². The van der Waals surface area contributed by atoms with Crippen LogP contribution in [0.15, 0.2) is 24.3 Å². The van der Waals surface area contributed by atoms with Crippen LogP contribution in [0.4, 0.5) is 11.4 Å². The summed E-state index contributed by atoms with van der Waals surface area (Å²) in [5, 5.41) is 9.18. The number of hydrogen-bond acceptors (Lipinski definition) is 3. The van der Waals surface area contributed by atoms with Crippen molar-refractivity contribution < 1.29 is 9.59 Å². The first kappa shape index (κ1) is 15.0. The van der Waals surface area contributed by atoms with Gasteiger partial charge < -0.3 is 16.0 Å². The van der Waals surface area contributed by atoms with Crippen molar-refractivity contribution in [3.63, 3.8) is 0 Å². The summed E-state index contributed by atoms with van der Waals surface area (Å²) >= 11 is 0. The van der Waals surface area contributed by atoms with Gasteiger partial charge in [0.1, 0.15) is 0 Å². The molecule has 1 heterocycles. The second kappa shape index (κ2) is 6.08. The molecule has 1 aliphatic heterocycles. The number of benzene rings is 1. The van der Waals surface area contributed by atoms with E-state index in [-0.39, 0.29) is 17.2 Å². The van der Waals surface area contributed by atoms with Crippen LogP contribution >= 0.6 is 0 Å². The van der Waals surface area contributed by atoms with Crippen molar-refractivity contribution in [3.05, 3.63) is 24.3 Å². The van der Waals surface area contributed by atoms with Gasteiger partial charge in [-0.25, -0.2) is 0 Å². The zero-order chi connectivity index (χ0) is 15.6. The van der Waals surface area contributed by atoms with E-state index in [1.165, 1.54) is 13.3 Å². The number of carbonyl (C=O) groups excluding carboxylic acids is 2. The predicted molar refractivity (Wildman–Crippen MR) is 86.6 cm³/mol. The molecule has 0 unspecified atom stereocenters. The van der Waals surface area contributed by atoms with Crippen LogP contribution in [0.5, 0.6) is 0 Å². The van der Waals surface area contributed by atoms with Crippen LogP contribution in [-0.4, -0.2) is 24.9 Å². The molecule has 1 aliphatic carbocycles. The molecule has 1 aromatic rings. The summed E-state index contributed by atoms with van der Waals surface area (Å²) < 4.78 is 0. The minimum Gasteiger partial charge on any atom is -0.326 e. The maximum absolute atomic E-state index is 12.8. The first-order valence-electron chi connectivity index (χ1n) is 8.00. The summed E-state index contributed by atoms with van der Waals surface area (Å²) in [6.45, 7) is 3.22. The molecule has 118 valence electrons. The van der Waals surface area contributed by atoms with Crippen molar-refractivity contribution in [2.75, 3.05) is 23.7 Å². The molecule has 0 aromatic heterocycles. The van der Waals surface area contributed by atoms with Crippen LogP contribution in [0.3, 0.4) is 0 Å². The number of amides is 2. The Bertz CT molecular complexity index is 570. The van der Waals surface area contributed by atoms with E-state index in [1.54, 1.807) is 12.1 Å². The molecule has 1 aromatic carbocycles. The summed E-state index contributed by atoms with van der Waals surface area (Å²) in [5.41, 5.74) is 1.28. The van der Waals surface area contributed by atoms with Gasteiger partial charge in [-0.1, -0.05) is 12.8 Å². The second-order valence-electron chi connectivity index (χ2n) is 6.44. The SMILES string of the molecule is CC(=O)Nc1ccc(NC(=O)[C@@]23CCCC[C@H]2CNC3)cc1. The Kier molecular flexibility index (Phi) is 4.16. The van der Waals surface area contributed by atoms with E-state index in [2.05, 4.69) is 16.0 Å². The number of fused-ring (bicyclic) bond motifs is 1. The summed E-state index contributed by atoms with van der Waals surface area (Å²) in [5.74, 6) is 0.493. The molecule has 5 heteroatoms. The highest BCUT2D eigenvalue weighted by atomic mass is 16.2. The lowest BCUT2D eigenvalue weighted by molar-refractivity contribution is -0.128. The second-order valence-corrected chi connectivity index (χ2v) is 6.44. The van der Waals surface area contributed by atoms with E-state index in [0.29, 0.717) is 5.92 Å². The Morgan fingerprint density at radius 2 is 1.82 bits per heavy atom. The molecule has 0 spiro atoms. The van der Waals surface area contributed by atoms with Crippen LogP contribution in [0.2, 0.25) is 0 Å². The van der Waals surface area contributed by atoms with Crippen LogP contribution in [-0.2, 0) is 9.59 Å². The number of carbonyl (C=O) groups is 2. The largest absolute Gasteiger partial charge is 0.326 e. The van der Waals surface area contributed by atoms with E-state index >= 15 is 0 Å². The van der Waals surface area contributed by atoms with Gasteiger partial charge in [-0.2, -0.15) is 0 Å². The molecule has 2 atom stereocenters. The standard InChI is InChI=1S/C17H23N3O2/c1-12(21)19-14-5-7-15(8-6-14)20-16(22)17-9-3-2-4-13(17)10-18-11-17/h5-8,13,18H,2-4,9-11H2,1H3,(H,19,21)(H,20,22)/t13-,17+/m0/s1. The maximum atomic E-state index is 12.8. The van der Waals surface area contributed by atoms with Crippen molar-refractivity contribution in [1.29, 1.82) is 0 Å². The average Bonchev–Trinajstić information content (AvgIpc) is 2.94. The molecule has 2 amide bonds. The highest BCUT2D eigenvalue weighted by Gasteiger charge is 2.49. The molecule has 1 saturated carbocycles. The molecule has 0 radical (unpaired) electrons. The van der Waals surface area contributed by atoms with E-state index < -0.39 is 0 Å². The monoisotopic (exact) mass is 301 g/mol. The average molecular weight is 301 g/mol. The third kappa shape index (κ3) is 2.86. The molecule has 1 saturated heterocycles. The Labute approximate surface area is 130 Å². The van der Waals surface area contributed by atoms with Crippen molar-refractivity contribution >= 4 is 23.2 Å². The van der Waals surface area contributed by atoms with Crippen LogP contribution in [0.1, 0.15) is 32.6 Å². The Morgan fingerprint density at radius 1 is 1.14 bits per heavy atom. The van der Waals surface area contributed by atoms with Gasteiger partial charge in [0.05, 0.1) is 5.41 Å². The summed E-state index contributed by atoms with van der Waals surface area (Å²) in [7, 11) is 0. The van der Waals surface area contributed by atoms with Crippen molar-refractivity contribution in [3.8, 4) is 0 Å². The smallest absolute Gasteiger partial charge is 0.232 e. The fraction of sp³-hybridized carbons (Fsp3) is 0.529. The highest BCUT2D eigenvalue weighted by Crippen LogP contribution is 2.44. The Balaban J connectivity index is 1.69. The Morgan fingerprint density at radius 3 is 2.50 bits per heavy atom. The van der Waals surface area contributed by atoms with Crippen LogP contribution in [0.25, 0.3) is 0 Å². The first-order valence-corrected chi connectivity index (χ1v) is 8.00. The molecule has 5 nitrogen and oxygen atoms in total. The summed E-state index contributed by atoms with van der Waals surface area (Å²) in [6, 6.07) is 7.28. The fourth-order valence-corrected chi connectivity index (χ4v) is 3.79. The maximum Gasteiger partial charge on any atom is 0.232 e. The Hall–Kier alpha value is -1.88. The van der Waals surface area contributed by atoms with Gasteiger partial charge in [0, 0.05) is 24.8 Å². The van der Waals surface area contributed by atoms with Crippen LogP contribution in [0, 0.1) is 11.3 Å². The zero-order valence-electron chi connectivity index (χ0n) is 12.9. The lowest BCUT2D eigenvalue weighted by atomic mass is 9.67. The summed E-state index contributed by atoms with van der Waals surface area (Å²) in [6.07, 6.45) is 4.47. The van der Waals surface area contributed by atoms with Crippen molar-refractivity contribution in [1.82, 2.24) is 5.32 Å². The van der Waals surface area contributed by atoms with Crippen molar-refractivity contribution in [2.45, 2.75) is 32.6 Å². The molecule has 2 fully saturated rings. The quantitative estimate of drug-likeness (QED) is 0.802. The first-order chi connectivity index (χ1) is 10.6. The molecule has 2 aliphatic rings. The fourth-order valence-electron chi connectivity index (χ4n) is 3.79. The molecule has 22 heavy (non-hydrogen) atoms.